The molecule has 1 unspecified atom stereocenters. The van der Waals surface area contributed by atoms with Crippen LogP contribution in [0, 0.1) is 0 Å². The molecule has 0 bridgehead atoms. The van der Waals surface area contributed by atoms with E-state index < -0.39 is 0 Å². The van der Waals surface area contributed by atoms with E-state index in [-0.39, 0.29) is 23.6 Å². The number of ether oxygens (including phenoxy) is 1. The Balaban J connectivity index is 1.93. The third-order valence-electron chi connectivity index (χ3n) is 3.02. The number of carbonyl (C=O) groups is 1. The van der Waals surface area contributed by atoms with E-state index in [9.17, 15) is 4.79 Å². The molecule has 1 N–H and O–H groups in total. The van der Waals surface area contributed by atoms with E-state index in [1.54, 1.807) is 24.3 Å². The van der Waals surface area contributed by atoms with Crippen LogP contribution >= 0.6 is 34.8 Å². The van der Waals surface area contributed by atoms with Crippen LogP contribution in [0.2, 0.25) is 15.1 Å². The Morgan fingerprint density at radius 3 is 2.50 bits per heavy atom. The van der Waals surface area contributed by atoms with E-state index in [0.29, 0.717) is 15.8 Å². The number of hydrogen-bond acceptors (Lipinski definition) is 2. The zero-order chi connectivity index (χ0) is 16.1. The summed E-state index contributed by atoms with van der Waals surface area (Å²) in [5.41, 5.74) is 0.846. The summed E-state index contributed by atoms with van der Waals surface area (Å²) in [6.45, 7) is 1.69. The third kappa shape index (κ3) is 4.29. The lowest BCUT2D eigenvalue weighted by atomic mass is 10.1. The summed E-state index contributed by atoms with van der Waals surface area (Å²) in [7, 11) is 0. The van der Waals surface area contributed by atoms with E-state index in [4.69, 9.17) is 39.5 Å². The Morgan fingerprint density at radius 1 is 1.09 bits per heavy atom. The summed E-state index contributed by atoms with van der Waals surface area (Å²) in [4.78, 5) is 12.0. The van der Waals surface area contributed by atoms with Gasteiger partial charge in [-0.15, -0.1) is 0 Å². The summed E-state index contributed by atoms with van der Waals surface area (Å²) >= 11 is 18.0. The fourth-order valence-corrected chi connectivity index (χ4v) is 2.57. The standard InChI is InChI=1S/C16H14Cl3NO2/c1-10(11-5-2-3-6-12(11)17)20-15(21)9-22-14-8-4-7-13(18)16(14)19/h2-8,10H,9H2,1H3,(H,20,21). The number of benzene rings is 2. The monoisotopic (exact) mass is 357 g/mol. The van der Waals surface area contributed by atoms with Crippen molar-refractivity contribution in [3.63, 3.8) is 0 Å². The van der Waals surface area contributed by atoms with Gasteiger partial charge < -0.3 is 10.1 Å². The molecule has 0 spiro atoms. The van der Waals surface area contributed by atoms with Crippen LogP contribution in [0.1, 0.15) is 18.5 Å². The Bertz CT molecular complexity index is 676. The van der Waals surface area contributed by atoms with E-state index >= 15 is 0 Å². The van der Waals surface area contributed by atoms with E-state index in [2.05, 4.69) is 5.32 Å². The van der Waals surface area contributed by atoms with Crippen molar-refractivity contribution >= 4 is 40.7 Å². The lowest BCUT2D eigenvalue weighted by Gasteiger charge is -2.16. The van der Waals surface area contributed by atoms with Gasteiger partial charge in [-0.05, 0) is 30.7 Å². The number of rotatable bonds is 5. The number of hydrogen-bond donors (Lipinski definition) is 1. The Labute approximate surface area is 144 Å². The zero-order valence-corrected chi connectivity index (χ0v) is 14.0. The summed E-state index contributed by atoms with van der Waals surface area (Å²) in [6.07, 6.45) is 0. The van der Waals surface area contributed by atoms with Gasteiger partial charge in [-0.1, -0.05) is 59.1 Å². The Kier molecular flexibility index (Phi) is 5.95. The first-order valence-corrected chi connectivity index (χ1v) is 7.73. The van der Waals surface area contributed by atoms with Crippen LogP contribution < -0.4 is 10.1 Å². The molecule has 116 valence electrons. The van der Waals surface area contributed by atoms with E-state index in [1.165, 1.54) is 0 Å². The average Bonchev–Trinajstić information content (AvgIpc) is 2.49. The minimum atomic E-state index is -0.275. The van der Waals surface area contributed by atoms with Gasteiger partial charge in [0.15, 0.2) is 6.61 Å². The van der Waals surface area contributed by atoms with Gasteiger partial charge in [0.25, 0.3) is 5.91 Å². The van der Waals surface area contributed by atoms with Gasteiger partial charge in [-0.3, -0.25) is 4.79 Å². The second kappa shape index (κ2) is 7.73. The van der Waals surface area contributed by atoms with Gasteiger partial charge in [0.1, 0.15) is 10.8 Å². The summed E-state index contributed by atoms with van der Waals surface area (Å²) in [5.74, 6) is 0.0955. The smallest absolute Gasteiger partial charge is 0.258 e. The van der Waals surface area contributed by atoms with Gasteiger partial charge in [-0.2, -0.15) is 0 Å². The van der Waals surface area contributed by atoms with Crippen molar-refractivity contribution in [2.45, 2.75) is 13.0 Å². The summed E-state index contributed by atoms with van der Waals surface area (Å²) in [6, 6.07) is 12.1. The van der Waals surface area contributed by atoms with Gasteiger partial charge in [-0.25, -0.2) is 0 Å². The molecule has 6 heteroatoms. The molecule has 0 radical (unpaired) electrons. The van der Waals surface area contributed by atoms with Gasteiger partial charge in [0, 0.05) is 5.02 Å². The van der Waals surface area contributed by atoms with Crippen molar-refractivity contribution in [2.24, 2.45) is 0 Å². The maximum absolute atomic E-state index is 12.0. The molecule has 3 nitrogen and oxygen atoms in total. The van der Waals surface area contributed by atoms with Gasteiger partial charge in [0.2, 0.25) is 0 Å². The summed E-state index contributed by atoms with van der Waals surface area (Å²) < 4.78 is 5.38. The lowest BCUT2D eigenvalue weighted by Crippen LogP contribution is -2.31. The fourth-order valence-electron chi connectivity index (χ4n) is 1.93. The molecule has 0 saturated heterocycles. The molecule has 0 aromatic heterocycles. The van der Waals surface area contributed by atoms with Crippen molar-refractivity contribution in [1.29, 1.82) is 0 Å². The molecule has 2 rings (SSSR count). The van der Waals surface area contributed by atoms with E-state index in [1.807, 2.05) is 25.1 Å². The average molecular weight is 359 g/mol. The number of carbonyl (C=O) groups excluding carboxylic acids is 1. The minimum absolute atomic E-state index is 0.158. The number of halogens is 3. The number of amides is 1. The largest absolute Gasteiger partial charge is 0.482 e. The van der Waals surface area contributed by atoms with Crippen LogP contribution in [0.3, 0.4) is 0 Å². The SMILES string of the molecule is CC(NC(=O)COc1cccc(Cl)c1Cl)c1ccccc1Cl. The lowest BCUT2D eigenvalue weighted by molar-refractivity contribution is -0.123. The van der Waals surface area contributed by atoms with Gasteiger partial charge in [0.05, 0.1) is 11.1 Å². The molecule has 0 aliphatic rings. The predicted octanol–water partition coefficient (Wildman–Crippen LogP) is 4.90. The van der Waals surface area contributed by atoms with Crippen molar-refractivity contribution in [2.75, 3.05) is 6.61 Å². The van der Waals surface area contributed by atoms with Crippen molar-refractivity contribution < 1.29 is 9.53 Å². The first kappa shape index (κ1) is 16.9. The molecule has 0 aliphatic heterocycles. The third-order valence-corrected chi connectivity index (χ3v) is 4.17. The van der Waals surface area contributed by atoms with Crippen LogP contribution in [-0.4, -0.2) is 12.5 Å². The minimum Gasteiger partial charge on any atom is -0.482 e. The first-order chi connectivity index (χ1) is 10.5. The topological polar surface area (TPSA) is 38.3 Å². The molecular weight excluding hydrogens is 345 g/mol. The van der Waals surface area contributed by atoms with Crippen LogP contribution in [-0.2, 0) is 4.79 Å². The molecule has 1 atom stereocenters. The second-order valence-electron chi connectivity index (χ2n) is 4.65. The van der Waals surface area contributed by atoms with Crippen LogP contribution in [0.4, 0.5) is 0 Å². The molecular formula is C16H14Cl3NO2. The maximum Gasteiger partial charge on any atom is 0.258 e. The highest BCUT2D eigenvalue weighted by Crippen LogP contribution is 2.31. The maximum atomic E-state index is 12.0. The molecule has 2 aromatic rings. The number of nitrogens with one attached hydrogen (secondary N) is 1. The molecule has 1 amide bonds. The highest BCUT2D eigenvalue weighted by Gasteiger charge is 2.13. The molecule has 0 fully saturated rings. The van der Waals surface area contributed by atoms with Crippen molar-refractivity contribution in [3.05, 3.63) is 63.1 Å². The Hall–Kier alpha value is -1.42. The second-order valence-corrected chi connectivity index (χ2v) is 5.84. The van der Waals surface area contributed by atoms with Crippen LogP contribution in [0.15, 0.2) is 42.5 Å². The highest BCUT2D eigenvalue weighted by atomic mass is 35.5. The summed E-state index contributed by atoms with van der Waals surface area (Å²) in [5, 5.41) is 4.09. The predicted molar refractivity (Wildman–Crippen MR) is 90.0 cm³/mol. The van der Waals surface area contributed by atoms with Crippen LogP contribution in [0.5, 0.6) is 5.75 Å². The molecule has 0 heterocycles. The molecule has 0 saturated carbocycles. The van der Waals surface area contributed by atoms with E-state index in [0.717, 1.165) is 5.56 Å². The normalized spacial score (nSPS) is 11.8. The quantitative estimate of drug-likeness (QED) is 0.825. The molecule has 22 heavy (non-hydrogen) atoms. The zero-order valence-electron chi connectivity index (χ0n) is 11.8. The highest BCUT2D eigenvalue weighted by molar-refractivity contribution is 6.42. The fraction of sp³-hybridized carbons (Fsp3) is 0.188. The van der Waals surface area contributed by atoms with Crippen molar-refractivity contribution in [1.82, 2.24) is 5.32 Å². The van der Waals surface area contributed by atoms with Gasteiger partial charge >= 0.3 is 0 Å². The van der Waals surface area contributed by atoms with Crippen LogP contribution in [0.25, 0.3) is 0 Å². The first-order valence-electron chi connectivity index (χ1n) is 6.59. The molecule has 2 aromatic carbocycles. The molecule has 0 aliphatic carbocycles. The Morgan fingerprint density at radius 2 is 1.77 bits per heavy atom. The van der Waals surface area contributed by atoms with Crippen molar-refractivity contribution in [3.8, 4) is 5.75 Å².